The van der Waals surface area contributed by atoms with Crippen molar-refractivity contribution in [2.75, 3.05) is 0 Å². The third kappa shape index (κ3) is 118. The largest absolute Gasteiger partial charge is 3.00 e. The maximum absolute atomic E-state index is 9.00. The Bertz CT molecular complexity index is 38.3. The predicted octanol–water partition coefficient (Wildman–Crippen LogP) is -8.90. The van der Waals surface area contributed by atoms with Crippen LogP contribution < -0.4 is 37.2 Å². The van der Waals surface area contributed by atoms with Crippen molar-refractivity contribution in [2.24, 2.45) is 0 Å². The first-order valence-corrected chi connectivity index (χ1v) is 0.928. The molecule has 0 heterocycles. The van der Waals surface area contributed by atoms with Gasteiger partial charge in [0.2, 0.25) is 0 Å². The number of hydrogen-bond donors (Lipinski definition) is 1. The van der Waals surface area contributed by atoms with Crippen LogP contribution in [0.5, 0.6) is 0 Å². The molecule has 0 fully saturated rings. The Labute approximate surface area is 100 Å². The van der Waals surface area contributed by atoms with E-state index in [-0.39, 0.29) is 79.0 Å². The van der Waals surface area contributed by atoms with Crippen molar-refractivity contribution in [1.82, 2.24) is 0 Å². The average molecular weight is 307 g/mol. The van der Waals surface area contributed by atoms with Crippen LogP contribution in [0, 0.1) is 41.7 Å². The molecule has 0 bridgehead atoms. The molecule has 0 spiro atoms. The third-order valence-corrected chi connectivity index (χ3v) is 0. The fraction of sp³-hybridized carbons (Fsp3) is 0.500. The number of carboxylic acid groups (broad SMARTS) is 1. The summed E-state index contributed by atoms with van der Waals surface area (Å²) in [7, 11) is 0. The Balaban J connectivity index is -0.00000000750. The van der Waals surface area contributed by atoms with Gasteiger partial charge >= 0.3 is 41.7 Å². The second-order valence-corrected chi connectivity index (χ2v) is 0.519. The van der Waals surface area contributed by atoms with E-state index in [1.165, 1.54) is 0 Å². The second-order valence-electron chi connectivity index (χ2n) is 0.519. The van der Waals surface area contributed by atoms with Gasteiger partial charge in [0.25, 0.3) is 5.97 Å². The van der Waals surface area contributed by atoms with Crippen molar-refractivity contribution in [2.45, 2.75) is 6.92 Å². The van der Waals surface area contributed by atoms with Gasteiger partial charge in [-0.3, -0.25) is 4.79 Å². The van der Waals surface area contributed by atoms with Gasteiger partial charge in [0.15, 0.2) is 0 Å². The van der Waals surface area contributed by atoms with Gasteiger partial charge in [0, 0.05) is 6.92 Å². The Kier molecular flexibility index (Phi) is 96.8. The van der Waals surface area contributed by atoms with Gasteiger partial charge in [-0.05, 0) is 0 Å². The summed E-state index contributed by atoms with van der Waals surface area (Å²) in [6.45, 7) is 1.08. The van der Waals surface area contributed by atoms with Gasteiger partial charge in [-0.2, -0.15) is 0 Å². The molecule has 0 rings (SSSR count). The maximum atomic E-state index is 9.00. The molecule has 0 unspecified atom stereocenters. The van der Waals surface area contributed by atoms with Crippen LogP contribution in [0.15, 0.2) is 0 Å². The number of rotatable bonds is 0. The van der Waals surface area contributed by atoms with Crippen molar-refractivity contribution < 1.29 is 88.9 Å². The normalized spacial score (nSPS) is 3.12. The van der Waals surface area contributed by atoms with Gasteiger partial charge < -0.3 is 42.3 Å². The molecule has 0 aliphatic heterocycles. The predicted molar refractivity (Wildman–Crippen MR) is 13.3 cm³/mol. The zero-order chi connectivity index (χ0) is 3.58. The Hall–Kier alpha value is 1.72. The fourth-order valence-corrected chi connectivity index (χ4v) is 0. The molecule has 0 amide bonds. The number of carboxylic acids is 1. The van der Waals surface area contributed by atoms with Crippen LogP contribution in [-0.2, 0) is 4.79 Å². The molecule has 0 atom stereocenters. The van der Waals surface area contributed by atoms with E-state index < -0.39 is 5.97 Å². The Morgan fingerprint density at radius 3 is 1.25 bits per heavy atom. The minimum atomic E-state index is -0.833. The van der Waals surface area contributed by atoms with Crippen LogP contribution >= 0.6 is 0 Å². The van der Waals surface area contributed by atoms with E-state index in [0.717, 1.165) is 6.92 Å². The first kappa shape index (κ1) is 33.2. The van der Waals surface area contributed by atoms with Gasteiger partial charge in [0.1, 0.15) is 0 Å². The minimum absolute atomic E-state index is 0. The summed E-state index contributed by atoms with van der Waals surface area (Å²) >= 11 is 0. The summed E-state index contributed by atoms with van der Waals surface area (Å²) in [5, 5.41) is 7.42. The van der Waals surface area contributed by atoms with Crippen molar-refractivity contribution in [3.8, 4) is 0 Å². The molecule has 8 heavy (non-hydrogen) atoms. The molecule has 6 heteroatoms. The van der Waals surface area contributed by atoms with Gasteiger partial charge in [-0.15, -0.1) is 0 Å². The van der Waals surface area contributed by atoms with E-state index in [1.54, 1.807) is 0 Å². The Morgan fingerprint density at radius 2 is 1.25 bits per heavy atom. The summed E-state index contributed by atoms with van der Waals surface area (Å²) in [5.41, 5.74) is 0. The molecule has 0 aliphatic carbocycles. The van der Waals surface area contributed by atoms with E-state index in [1.807, 2.05) is 0 Å². The molecule has 1 radical (unpaired) electrons. The zero-order valence-electron chi connectivity index (χ0n) is 3.99. The maximum Gasteiger partial charge on any atom is 3.00 e. The van der Waals surface area contributed by atoms with Crippen LogP contribution in [0.3, 0.4) is 0 Å². The summed E-state index contributed by atoms with van der Waals surface area (Å²) in [5.74, 6) is -0.833. The molecule has 49 valence electrons. The van der Waals surface area contributed by atoms with E-state index in [2.05, 4.69) is 0 Å². The number of carbonyl (C=O) groups is 1. The number of halogens is 3. The van der Waals surface area contributed by atoms with Crippen molar-refractivity contribution in [3.63, 3.8) is 0 Å². The minimum Gasteiger partial charge on any atom is -1.00 e. The molecule has 0 aliphatic rings. The fourth-order valence-electron chi connectivity index (χ4n) is 0. The quantitative estimate of drug-likeness (QED) is 0.483. The van der Waals surface area contributed by atoms with Crippen LogP contribution in [0.1, 0.15) is 6.92 Å². The van der Waals surface area contributed by atoms with Crippen LogP contribution in [0.2, 0.25) is 0 Å². The molecule has 0 aromatic heterocycles. The third-order valence-electron chi connectivity index (χ3n) is 0. The van der Waals surface area contributed by atoms with Crippen molar-refractivity contribution >= 4 is 5.97 Å². The molecular formula is C2H4CeCl3O2. The van der Waals surface area contributed by atoms with E-state index in [4.69, 9.17) is 9.90 Å². The monoisotopic (exact) mass is 305 g/mol. The topological polar surface area (TPSA) is 37.3 Å². The van der Waals surface area contributed by atoms with E-state index in [9.17, 15) is 0 Å². The number of hydrogen-bond acceptors (Lipinski definition) is 1. The Morgan fingerprint density at radius 1 is 1.25 bits per heavy atom. The summed E-state index contributed by atoms with van der Waals surface area (Å²) in [6.07, 6.45) is 0. The first-order valence-electron chi connectivity index (χ1n) is 0.928. The zero-order valence-corrected chi connectivity index (χ0v) is 9.40. The van der Waals surface area contributed by atoms with Crippen LogP contribution in [0.25, 0.3) is 0 Å². The van der Waals surface area contributed by atoms with Crippen molar-refractivity contribution in [1.29, 1.82) is 0 Å². The van der Waals surface area contributed by atoms with E-state index >= 15 is 0 Å². The smallest absolute Gasteiger partial charge is 1.00 e. The number of aliphatic carboxylic acids is 1. The molecule has 0 aromatic carbocycles. The van der Waals surface area contributed by atoms with Crippen LogP contribution in [0.4, 0.5) is 0 Å². The summed E-state index contributed by atoms with van der Waals surface area (Å²) < 4.78 is 0. The second kappa shape index (κ2) is 23.3. The van der Waals surface area contributed by atoms with Gasteiger partial charge in [-0.25, -0.2) is 0 Å². The molecule has 0 saturated carbocycles. The van der Waals surface area contributed by atoms with Crippen molar-refractivity contribution in [3.05, 3.63) is 0 Å². The van der Waals surface area contributed by atoms with Gasteiger partial charge in [0.05, 0.1) is 0 Å². The first-order chi connectivity index (χ1) is 1.73. The molecule has 1 N–H and O–H groups in total. The van der Waals surface area contributed by atoms with Gasteiger partial charge in [-0.1, -0.05) is 0 Å². The summed E-state index contributed by atoms with van der Waals surface area (Å²) in [4.78, 5) is 9.00. The molecule has 0 saturated heterocycles. The van der Waals surface area contributed by atoms with E-state index in [0.29, 0.717) is 0 Å². The average Bonchev–Trinajstić information content (AvgIpc) is 0.811. The molecule has 2 nitrogen and oxygen atoms in total. The molecule has 0 aromatic rings. The standard InChI is InChI=1S/C2H4O2.Ce.3ClH/c1-2(3)4;;;;/h1H3,(H,3,4);;3*1H/q;+3;;;/p-3. The van der Waals surface area contributed by atoms with Crippen LogP contribution in [-0.4, -0.2) is 11.1 Å². The summed E-state index contributed by atoms with van der Waals surface area (Å²) in [6, 6.07) is 0. The molecular weight excluding hydrogens is 302 g/mol. The SMILES string of the molecule is CC(=O)O.[Ce+3].[Cl-].[Cl-].[Cl-].